The van der Waals surface area contributed by atoms with Crippen molar-refractivity contribution in [1.82, 2.24) is 0 Å². The van der Waals surface area contributed by atoms with E-state index in [0.717, 1.165) is 93.8 Å². The minimum absolute atomic E-state index is 0.0764. The van der Waals surface area contributed by atoms with Crippen molar-refractivity contribution >= 4 is 33.0 Å². The molecule has 3 aromatic rings. The van der Waals surface area contributed by atoms with E-state index in [4.69, 9.17) is 35.3 Å². The predicted octanol–water partition coefficient (Wildman–Crippen LogP) is 10.7. The van der Waals surface area contributed by atoms with E-state index in [-0.39, 0.29) is 24.4 Å². The van der Waals surface area contributed by atoms with Gasteiger partial charge in [0.25, 0.3) is 0 Å². The molecule has 45 heavy (non-hydrogen) atoms. The van der Waals surface area contributed by atoms with E-state index in [1.807, 2.05) is 17.4 Å². The van der Waals surface area contributed by atoms with Crippen molar-refractivity contribution in [3.05, 3.63) is 63.0 Å². The van der Waals surface area contributed by atoms with Gasteiger partial charge >= 0.3 is 0 Å². The Balaban J connectivity index is 1.72. The number of fused-ring (bicyclic) bond motifs is 1. The van der Waals surface area contributed by atoms with Crippen LogP contribution in [0.25, 0.3) is 10.1 Å². The summed E-state index contributed by atoms with van der Waals surface area (Å²) in [5.41, 5.74) is 3.54. The quantitative estimate of drug-likeness (QED) is 0.113. The number of thiophene rings is 1. The molecule has 0 bridgehead atoms. The van der Waals surface area contributed by atoms with E-state index in [0.29, 0.717) is 19.8 Å². The van der Waals surface area contributed by atoms with Crippen LogP contribution < -0.4 is 4.74 Å². The Bertz CT molecular complexity index is 1290. The molecule has 0 spiro atoms. The molecule has 1 aliphatic heterocycles. The normalized spacial score (nSPS) is 20.2. The fraction of sp³-hybridized carbons (Fsp3) is 0.632. The average molecular weight is 659 g/mol. The molecule has 0 amide bonds. The third kappa shape index (κ3) is 10.7. The summed E-state index contributed by atoms with van der Waals surface area (Å²) in [7, 11) is 0. The fourth-order valence-corrected chi connectivity index (χ4v) is 7.05. The third-order valence-electron chi connectivity index (χ3n) is 8.51. The smallest absolute Gasteiger partial charge is 0.125 e. The second kappa shape index (κ2) is 19.2. The third-order valence-corrected chi connectivity index (χ3v) is 9.86. The maximum Gasteiger partial charge on any atom is 0.125 e. The van der Waals surface area contributed by atoms with E-state index >= 15 is 0 Å². The first-order valence-electron chi connectivity index (χ1n) is 17.4. The van der Waals surface area contributed by atoms with Crippen molar-refractivity contribution in [3.63, 3.8) is 0 Å². The molecule has 4 rings (SSSR count). The first-order chi connectivity index (χ1) is 22.0. The Kier molecular flexibility index (Phi) is 15.5. The molecular weight excluding hydrogens is 604 g/mol. The maximum absolute atomic E-state index is 6.96. The molecule has 1 saturated heterocycles. The minimum atomic E-state index is -0.320. The number of halogens is 1. The van der Waals surface area contributed by atoms with Gasteiger partial charge in [-0.25, -0.2) is 0 Å². The van der Waals surface area contributed by atoms with Crippen molar-refractivity contribution in [1.29, 1.82) is 0 Å². The Morgan fingerprint density at radius 3 is 2.31 bits per heavy atom. The van der Waals surface area contributed by atoms with Gasteiger partial charge in [0.15, 0.2) is 0 Å². The molecule has 0 N–H and O–H groups in total. The van der Waals surface area contributed by atoms with E-state index in [2.05, 4.69) is 65.0 Å². The summed E-state index contributed by atoms with van der Waals surface area (Å²) in [5.74, 6) is 0.891. The molecule has 1 aromatic heterocycles. The largest absolute Gasteiger partial charge is 0.493 e. The summed E-state index contributed by atoms with van der Waals surface area (Å²) in [6, 6.07) is 12.9. The lowest BCUT2D eigenvalue weighted by Crippen LogP contribution is -2.48. The molecule has 250 valence electrons. The molecule has 2 heterocycles. The zero-order valence-electron chi connectivity index (χ0n) is 28.2. The van der Waals surface area contributed by atoms with Crippen molar-refractivity contribution in [2.45, 2.75) is 123 Å². The molecule has 1 aliphatic rings. The number of aryl methyl sites for hydroxylation is 1. The minimum Gasteiger partial charge on any atom is -0.493 e. The van der Waals surface area contributed by atoms with Crippen LogP contribution in [0.2, 0.25) is 5.02 Å². The average Bonchev–Trinajstić information content (AvgIpc) is 3.43. The lowest BCUT2D eigenvalue weighted by Gasteiger charge is -2.42. The van der Waals surface area contributed by atoms with Gasteiger partial charge in [-0.3, -0.25) is 0 Å². The zero-order valence-corrected chi connectivity index (χ0v) is 29.8. The van der Waals surface area contributed by atoms with Crippen LogP contribution in [-0.2, 0) is 25.4 Å². The van der Waals surface area contributed by atoms with E-state index in [9.17, 15) is 0 Å². The number of hydrogen-bond acceptors (Lipinski definition) is 6. The summed E-state index contributed by atoms with van der Waals surface area (Å²) in [6.07, 6.45) is 9.35. The van der Waals surface area contributed by atoms with Gasteiger partial charge < -0.3 is 23.7 Å². The van der Waals surface area contributed by atoms with Gasteiger partial charge in [-0.05, 0) is 85.5 Å². The Labute approximate surface area is 280 Å². The highest BCUT2D eigenvalue weighted by molar-refractivity contribution is 7.19. The highest BCUT2D eigenvalue weighted by atomic mass is 35.5. The number of hydrogen-bond donors (Lipinski definition) is 0. The molecule has 0 unspecified atom stereocenters. The van der Waals surface area contributed by atoms with E-state index in [1.54, 1.807) is 0 Å². The Hall–Kier alpha value is -1.67. The van der Waals surface area contributed by atoms with Crippen LogP contribution in [0.4, 0.5) is 0 Å². The molecule has 0 aliphatic carbocycles. The van der Waals surface area contributed by atoms with Gasteiger partial charge in [0, 0.05) is 52.8 Å². The van der Waals surface area contributed by atoms with Crippen molar-refractivity contribution in [2.75, 3.05) is 33.0 Å². The van der Waals surface area contributed by atoms with Gasteiger partial charge in [-0.1, -0.05) is 65.0 Å². The summed E-state index contributed by atoms with van der Waals surface area (Å²) < 4.78 is 34.1. The van der Waals surface area contributed by atoms with Crippen molar-refractivity contribution in [3.8, 4) is 5.75 Å². The number of unbranched alkanes of at least 4 members (excludes halogenated alkanes) is 4. The number of ether oxygens (including phenoxy) is 5. The van der Waals surface area contributed by atoms with Gasteiger partial charge in [-0.15, -0.1) is 11.3 Å². The van der Waals surface area contributed by atoms with Gasteiger partial charge in [0.1, 0.15) is 18.0 Å². The maximum atomic E-state index is 6.96. The standard InChI is InChI=1S/C38H55ClO5S/c1-6-10-16-40-26-31-25-35(42-18-12-8-3)38(43-19-13-9-4)37(44-31)33-24-28(27(5)20-34(33)41-17-11-7-2)22-32-23-29-21-30(39)14-15-36(29)45-32/h14-15,20-21,23-24,31,35,37-38H,6-13,16-19,22,25-26H2,1-5H3/t31-,35-,37-,38+/m0/s1. The van der Waals surface area contributed by atoms with Crippen LogP contribution in [0.3, 0.4) is 0 Å². The second-order valence-electron chi connectivity index (χ2n) is 12.4. The highest BCUT2D eigenvalue weighted by Crippen LogP contribution is 2.42. The number of benzene rings is 2. The Morgan fingerprint density at radius 2 is 1.56 bits per heavy atom. The van der Waals surface area contributed by atoms with Crippen molar-refractivity contribution < 1.29 is 23.7 Å². The van der Waals surface area contributed by atoms with Crippen LogP contribution in [0.1, 0.15) is 113 Å². The molecule has 5 nitrogen and oxygen atoms in total. The molecule has 2 aromatic carbocycles. The molecule has 1 fully saturated rings. The first-order valence-corrected chi connectivity index (χ1v) is 18.6. The summed E-state index contributed by atoms with van der Waals surface area (Å²) >= 11 is 8.13. The lowest BCUT2D eigenvalue weighted by atomic mass is 9.89. The van der Waals surface area contributed by atoms with Crippen molar-refractivity contribution in [2.24, 2.45) is 0 Å². The lowest BCUT2D eigenvalue weighted by molar-refractivity contribution is -0.213. The molecular formula is C38H55ClO5S. The summed E-state index contributed by atoms with van der Waals surface area (Å²) in [5, 5.41) is 1.96. The van der Waals surface area contributed by atoms with Gasteiger partial charge in [-0.2, -0.15) is 0 Å². The van der Waals surface area contributed by atoms with Crippen LogP contribution >= 0.6 is 22.9 Å². The fourth-order valence-electron chi connectivity index (χ4n) is 5.80. The number of rotatable bonds is 20. The van der Waals surface area contributed by atoms with E-state index < -0.39 is 0 Å². The predicted molar refractivity (Wildman–Crippen MR) is 188 cm³/mol. The van der Waals surface area contributed by atoms with Gasteiger partial charge in [0.05, 0.1) is 25.4 Å². The highest BCUT2D eigenvalue weighted by Gasteiger charge is 2.42. The van der Waals surface area contributed by atoms with Crippen LogP contribution in [0.5, 0.6) is 5.75 Å². The molecule has 0 saturated carbocycles. The summed E-state index contributed by atoms with van der Waals surface area (Å²) in [4.78, 5) is 1.31. The Morgan fingerprint density at radius 1 is 0.844 bits per heavy atom. The van der Waals surface area contributed by atoms with Crippen LogP contribution in [-0.4, -0.2) is 51.3 Å². The molecule has 4 atom stereocenters. The molecule has 7 heteroatoms. The zero-order chi connectivity index (χ0) is 32.0. The van der Waals surface area contributed by atoms with E-state index in [1.165, 1.54) is 26.1 Å². The topological polar surface area (TPSA) is 46.2 Å². The van der Waals surface area contributed by atoms with Gasteiger partial charge in [0.2, 0.25) is 0 Å². The summed E-state index contributed by atoms with van der Waals surface area (Å²) in [6.45, 7) is 14.4. The van der Waals surface area contributed by atoms with Crippen LogP contribution in [0.15, 0.2) is 36.4 Å². The monoisotopic (exact) mass is 658 g/mol. The SMILES string of the molecule is CCCCOC[C@@H]1C[C@H](OCCCC)[C@@H](OCCCC)[C@H](c2cc(Cc3cc4cc(Cl)ccc4s3)c(C)cc2OCCCC)O1. The first kappa shape index (κ1) is 36.2. The van der Waals surface area contributed by atoms with Crippen LogP contribution in [0, 0.1) is 6.92 Å². The molecule has 0 radical (unpaired) electrons. The second-order valence-corrected chi connectivity index (χ2v) is 14.0.